The number of allylic oxidation sites excluding steroid dienone is 2. The Hall–Kier alpha value is -1.09. The molecule has 2 aliphatic rings. The third-order valence-electron chi connectivity index (χ3n) is 2.45. The maximum Gasteiger partial charge on any atom is 0.0937 e. The molecule has 3 nitrogen and oxygen atoms in total. The van der Waals surface area contributed by atoms with Crippen LogP contribution in [-0.2, 0) is 0 Å². The number of nitrogens with zero attached hydrogens (tertiary/aromatic N) is 1. The van der Waals surface area contributed by atoms with Gasteiger partial charge in [-0.3, -0.25) is 4.99 Å². The Bertz CT molecular complexity index is 265. The fraction of sp³-hybridized carbons (Fsp3) is 0.500. The molecule has 0 bridgehead atoms. The highest BCUT2D eigenvalue weighted by molar-refractivity contribution is 5.61. The largest absolute Gasteiger partial charge is 0.368 e. The summed E-state index contributed by atoms with van der Waals surface area (Å²) in [6.45, 7) is 0.767. The highest BCUT2D eigenvalue weighted by Gasteiger charge is 2.21. The van der Waals surface area contributed by atoms with Crippen LogP contribution in [0.3, 0.4) is 0 Å². The van der Waals surface area contributed by atoms with Gasteiger partial charge >= 0.3 is 0 Å². The second kappa shape index (κ2) is 3.75. The van der Waals surface area contributed by atoms with E-state index in [0.717, 1.165) is 19.4 Å². The molecule has 0 saturated carbocycles. The van der Waals surface area contributed by atoms with E-state index in [-0.39, 0.29) is 0 Å². The van der Waals surface area contributed by atoms with Gasteiger partial charge in [0.05, 0.1) is 18.4 Å². The van der Waals surface area contributed by atoms with Crippen molar-refractivity contribution in [1.82, 2.24) is 5.32 Å². The van der Waals surface area contributed by atoms with E-state index in [0.29, 0.717) is 12.1 Å². The van der Waals surface area contributed by atoms with E-state index >= 15 is 0 Å². The molecule has 70 valence electrons. The number of hydrogen-bond acceptors (Lipinski definition) is 3. The molecule has 1 heterocycles. The summed E-state index contributed by atoms with van der Waals surface area (Å²) in [5.41, 5.74) is 6.84. The van der Waals surface area contributed by atoms with E-state index in [1.807, 2.05) is 0 Å². The van der Waals surface area contributed by atoms with Gasteiger partial charge in [0.1, 0.15) is 0 Å². The first-order valence-electron chi connectivity index (χ1n) is 4.77. The van der Waals surface area contributed by atoms with E-state index in [2.05, 4.69) is 28.5 Å². The first-order chi connectivity index (χ1) is 6.40. The maximum absolute atomic E-state index is 5.46. The van der Waals surface area contributed by atoms with Crippen LogP contribution in [0.4, 0.5) is 0 Å². The van der Waals surface area contributed by atoms with Gasteiger partial charge in [0.25, 0.3) is 0 Å². The summed E-state index contributed by atoms with van der Waals surface area (Å²) >= 11 is 0. The van der Waals surface area contributed by atoms with Gasteiger partial charge < -0.3 is 11.1 Å². The van der Waals surface area contributed by atoms with Gasteiger partial charge in [-0.05, 0) is 19.4 Å². The minimum Gasteiger partial charge on any atom is -0.368 e. The molecule has 1 aliphatic carbocycles. The minimum absolute atomic E-state index is 0.321. The first kappa shape index (κ1) is 8.51. The van der Waals surface area contributed by atoms with Crippen LogP contribution in [0, 0.1) is 0 Å². The van der Waals surface area contributed by atoms with Crippen molar-refractivity contribution in [2.45, 2.75) is 24.9 Å². The van der Waals surface area contributed by atoms with Crippen LogP contribution in [0.1, 0.15) is 12.8 Å². The molecule has 0 saturated heterocycles. The summed E-state index contributed by atoms with van der Waals surface area (Å²) in [7, 11) is 0. The number of fused-ring (bicyclic) bond motifs is 1. The Morgan fingerprint density at radius 2 is 2.46 bits per heavy atom. The SMILES string of the molecule is NCCCC1=CC2NC=NC2C=C1. The molecular formula is C10H15N3. The number of nitrogens with two attached hydrogens (primary N) is 1. The van der Waals surface area contributed by atoms with E-state index in [1.54, 1.807) is 6.34 Å². The van der Waals surface area contributed by atoms with Crippen LogP contribution in [-0.4, -0.2) is 25.0 Å². The lowest BCUT2D eigenvalue weighted by atomic mass is 9.96. The average Bonchev–Trinajstić information content (AvgIpc) is 2.61. The zero-order valence-corrected chi connectivity index (χ0v) is 7.61. The molecule has 1 aliphatic heterocycles. The molecule has 0 amide bonds. The molecule has 0 fully saturated rings. The van der Waals surface area contributed by atoms with E-state index < -0.39 is 0 Å². The smallest absolute Gasteiger partial charge is 0.0937 e. The third kappa shape index (κ3) is 1.80. The first-order valence-corrected chi connectivity index (χ1v) is 4.77. The summed E-state index contributed by atoms with van der Waals surface area (Å²) in [6, 6.07) is 0.708. The molecule has 2 rings (SSSR count). The predicted octanol–water partition coefficient (Wildman–Crippen LogP) is 0.590. The van der Waals surface area contributed by atoms with Crippen molar-refractivity contribution in [3.63, 3.8) is 0 Å². The Labute approximate surface area is 78.4 Å². The third-order valence-corrected chi connectivity index (χ3v) is 2.45. The van der Waals surface area contributed by atoms with Crippen LogP contribution in [0.2, 0.25) is 0 Å². The van der Waals surface area contributed by atoms with Gasteiger partial charge in [0.15, 0.2) is 0 Å². The molecular weight excluding hydrogens is 162 g/mol. The molecule has 3 heteroatoms. The quantitative estimate of drug-likeness (QED) is 0.663. The van der Waals surface area contributed by atoms with Gasteiger partial charge in [-0.15, -0.1) is 0 Å². The Morgan fingerprint density at radius 1 is 1.54 bits per heavy atom. The average molecular weight is 177 g/mol. The molecule has 0 aromatic rings. The monoisotopic (exact) mass is 177 g/mol. The topological polar surface area (TPSA) is 50.4 Å². The highest BCUT2D eigenvalue weighted by atomic mass is 15.1. The van der Waals surface area contributed by atoms with Crippen LogP contribution in [0.25, 0.3) is 0 Å². The van der Waals surface area contributed by atoms with E-state index in [1.165, 1.54) is 5.57 Å². The Balaban J connectivity index is 1.96. The molecule has 2 atom stereocenters. The summed E-state index contributed by atoms with van der Waals surface area (Å²) in [5, 5.41) is 3.21. The number of rotatable bonds is 3. The second-order valence-electron chi connectivity index (χ2n) is 3.45. The fourth-order valence-electron chi connectivity index (χ4n) is 1.70. The van der Waals surface area contributed by atoms with Crippen molar-refractivity contribution in [1.29, 1.82) is 0 Å². The standard InChI is InChI=1S/C10H15N3/c11-5-1-2-8-3-4-9-10(6-8)13-7-12-9/h3-4,6-7,9-10H,1-2,5,11H2,(H,12,13). The second-order valence-corrected chi connectivity index (χ2v) is 3.45. The molecule has 0 aromatic heterocycles. The molecule has 13 heavy (non-hydrogen) atoms. The molecule has 0 aromatic carbocycles. The fourth-order valence-corrected chi connectivity index (χ4v) is 1.70. The zero-order chi connectivity index (χ0) is 9.10. The van der Waals surface area contributed by atoms with Crippen molar-refractivity contribution in [2.24, 2.45) is 10.7 Å². The van der Waals surface area contributed by atoms with Crippen molar-refractivity contribution < 1.29 is 0 Å². The van der Waals surface area contributed by atoms with Gasteiger partial charge in [-0.2, -0.15) is 0 Å². The van der Waals surface area contributed by atoms with E-state index in [4.69, 9.17) is 5.73 Å². The molecule has 3 N–H and O–H groups in total. The van der Waals surface area contributed by atoms with Crippen molar-refractivity contribution in [3.05, 3.63) is 23.8 Å². The Kier molecular flexibility index (Phi) is 2.45. The minimum atomic E-state index is 0.321. The lowest BCUT2D eigenvalue weighted by Crippen LogP contribution is -2.30. The Morgan fingerprint density at radius 3 is 3.31 bits per heavy atom. The lowest BCUT2D eigenvalue weighted by Gasteiger charge is -2.17. The van der Waals surface area contributed by atoms with Gasteiger partial charge in [0, 0.05) is 0 Å². The number of nitrogens with one attached hydrogen (secondary N) is 1. The van der Waals surface area contributed by atoms with Crippen LogP contribution >= 0.6 is 0 Å². The predicted molar refractivity (Wildman–Crippen MR) is 54.7 cm³/mol. The van der Waals surface area contributed by atoms with Crippen molar-refractivity contribution in [3.8, 4) is 0 Å². The van der Waals surface area contributed by atoms with Gasteiger partial charge in [-0.25, -0.2) is 0 Å². The van der Waals surface area contributed by atoms with Gasteiger partial charge in [-0.1, -0.05) is 23.8 Å². The van der Waals surface area contributed by atoms with Crippen molar-refractivity contribution >= 4 is 6.34 Å². The normalized spacial score (nSPS) is 29.8. The molecule has 0 radical (unpaired) electrons. The van der Waals surface area contributed by atoms with Crippen LogP contribution in [0.15, 0.2) is 28.8 Å². The number of aliphatic imine (C=N–C) groups is 1. The number of hydrogen-bond donors (Lipinski definition) is 2. The zero-order valence-electron chi connectivity index (χ0n) is 7.61. The van der Waals surface area contributed by atoms with Crippen LogP contribution in [0.5, 0.6) is 0 Å². The van der Waals surface area contributed by atoms with Crippen LogP contribution < -0.4 is 11.1 Å². The summed E-state index contributed by atoms with van der Waals surface area (Å²) in [5.74, 6) is 0. The van der Waals surface area contributed by atoms with E-state index in [9.17, 15) is 0 Å². The summed E-state index contributed by atoms with van der Waals surface area (Å²) in [6.07, 6.45) is 10.5. The van der Waals surface area contributed by atoms with Gasteiger partial charge in [0.2, 0.25) is 0 Å². The maximum atomic E-state index is 5.46. The molecule has 2 unspecified atom stereocenters. The van der Waals surface area contributed by atoms with Crippen molar-refractivity contribution in [2.75, 3.05) is 6.54 Å². The highest BCUT2D eigenvalue weighted by Crippen LogP contribution is 2.19. The molecule has 0 spiro atoms. The summed E-state index contributed by atoms with van der Waals surface area (Å²) < 4.78 is 0. The summed E-state index contributed by atoms with van der Waals surface area (Å²) in [4.78, 5) is 4.28. The lowest BCUT2D eigenvalue weighted by molar-refractivity contribution is 0.682.